The van der Waals surface area contributed by atoms with E-state index in [0.717, 1.165) is 22.3 Å². The molecule has 2 aromatic heterocycles. The summed E-state index contributed by atoms with van der Waals surface area (Å²) in [5.74, 6) is 2.56. The molecule has 0 amide bonds. The molecule has 2 aromatic rings. The molecule has 0 aliphatic carbocycles. The fourth-order valence-corrected chi connectivity index (χ4v) is 4.20. The Hall–Kier alpha value is -1.49. The highest BCUT2D eigenvalue weighted by Gasteiger charge is 2.19. The van der Waals surface area contributed by atoms with Crippen LogP contribution in [0.2, 0.25) is 0 Å². The topological polar surface area (TPSA) is 56.7 Å². The molecule has 5 heteroatoms. The summed E-state index contributed by atoms with van der Waals surface area (Å²) in [7, 11) is 0. The molecule has 0 aromatic carbocycles. The number of hydrogen-bond donors (Lipinski definition) is 1. The Balaban J connectivity index is 1.71. The summed E-state index contributed by atoms with van der Waals surface area (Å²) >= 11 is 1.83. The largest absolute Gasteiger partial charge is 0.384 e. The highest BCUT2D eigenvalue weighted by molar-refractivity contribution is 7.99. The van der Waals surface area contributed by atoms with Gasteiger partial charge in [0.15, 0.2) is 5.82 Å². The van der Waals surface area contributed by atoms with E-state index in [1.54, 1.807) is 4.68 Å². The van der Waals surface area contributed by atoms with Gasteiger partial charge in [0.1, 0.15) is 5.82 Å². The number of nitrogens with two attached hydrogens (primary N) is 1. The SMILES string of the molecule is CCCCCCCCCCCCSc1cccc(-n2nc(C(C)(C)C)cc2N)n1. The van der Waals surface area contributed by atoms with Crippen molar-refractivity contribution in [1.29, 1.82) is 0 Å². The van der Waals surface area contributed by atoms with Crippen molar-refractivity contribution in [2.24, 2.45) is 0 Å². The Morgan fingerprint density at radius 1 is 0.931 bits per heavy atom. The summed E-state index contributed by atoms with van der Waals surface area (Å²) in [6, 6.07) is 8.04. The van der Waals surface area contributed by atoms with E-state index in [2.05, 4.69) is 38.9 Å². The summed E-state index contributed by atoms with van der Waals surface area (Å²) in [4.78, 5) is 4.77. The monoisotopic (exact) mass is 416 g/mol. The summed E-state index contributed by atoms with van der Waals surface area (Å²) < 4.78 is 1.76. The van der Waals surface area contributed by atoms with E-state index in [1.807, 2.05) is 30.0 Å². The number of unbranched alkanes of at least 4 members (excludes halogenated alkanes) is 9. The number of pyridine rings is 1. The van der Waals surface area contributed by atoms with Crippen molar-refractivity contribution < 1.29 is 0 Å². The second-order valence-electron chi connectivity index (χ2n) is 8.98. The molecule has 0 spiro atoms. The smallest absolute Gasteiger partial charge is 0.156 e. The Kier molecular flexibility index (Phi) is 10.1. The number of rotatable bonds is 13. The molecular weight excluding hydrogens is 376 g/mol. The summed E-state index contributed by atoms with van der Waals surface area (Å²) in [5.41, 5.74) is 7.15. The van der Waals surface area contributed by atoms with Crippen LogP contribution >= 0.6 is 11.8 Å². The van der Waals surface area contributed by atoms with Crippen molar-refractivity contribution in [3.63, 3.8) is 0 Å². The highest BCUT2D eigenvalue weighted by Crippen LogP contribution is 2.25. The van der Waals surface area contributed by atoms with Gasteiger partial charge in [-0.1, -0.05) is 91.5 Å². The molecule has 0 atom stereocenters. The van der Waals surface area contributed by atoms with Crippen LogP contribution in [0.4, 0.5) is 5.82 Å². The average molecular weight is 417 g/mol. The third-order valence-corrected chi connectivity index (χ3v) is 6.19. The van der Waals surface area contributed by atoms with E-state index in [-0.39, 0.29) is 5.41 Å². The van der Waals surface area contributed by atoms with Crippen molar-refractivity contribution in [2.45, 2.75) is 102 Å². The van der Waals surface area contributed by atoms with Crippen molar-refractivity contribution in [2.75, 3.05) is 11.5 Å². The van der Waals surface area contributed by atoms with E-state index in [4.69, 9.17) is 10.7 Å². The van der Waals surface area contributed by atoms with Crippen LogP contribution in [0.25, 0.3) is 5.82 Å². The predicted octanol–water partition coefficient (Wildman–Crippen LogP) is 7.16. The molecule has 0 unspecified atom stereocenters. The zero-order valence-corrected chi connectivity index (χ0v) is 19.7. The molecular formula is C24H40N4S. The lowest BCUT2D eigenvalue weighted by Gasteiger charge is -2.14. The summed E-state index contributed by atoms with van der Waals surface area (Å²) in [5, 5.41) is 5.72. The second kappa shape index (κ2) is 12.3. The molecule has 2 N–H and O–H groups in total. The van der Waals surface area contributed by atoms with Gasteiger partial charge < -0.3 is 5.73 Å². The van der Waals surface area contributed by atoms with Gasteiger partial charge in [0.05, 0.1) is 10.7 Å². The Morgan fingerprint density at radius 3 is 2.14 bits per heavy atom. The maximum Gasteiger partial charge on any atom is 0.156 e. The normalized spacial score (nSPS) is 11.9. The van der Waals surface area contributed by atoms with Crippen molar-refractivity contribution in [3.05, 3.63) is 30.0 Å². The van der Waals surface area contributed by atoms with Crippen molar-refractivity contribution in [1.82, 2.24) is 14.8 Å². The van der Waals surface area contributed by atoms with Crippen molar-refractivity contribution >= 4 is 17.6 Å². The fourth-order valence-electron chi connectivity index (χ4n) is 3.31. The van der Waals surface area contributed by atoms with Gasteiger partial charge >= 0.3 is 0 Å². The molecule has 0 bridgehead atoms. The maximum atomic E-state index is 6.19. The first-order chi connectivity index (χ1) is 13.9. The maximum absolute atomic E-state index is 6.19. The third kappa shape index (κ3) is 8.41. The van der Waals surface area contributed by atoms with Gasteiger partial charge in [-0.3, -0.25) is 0 Å². The quantitative estimate of drug-likeness (QED) is 0.278. The number of nitrogens with zero attached hydrogens (tertiary/aromatic N) is 3. The zero-order valence-electron chi connectivity index (χ0n) is 18.9. The number of aromatic nitrogens is 3. The van der Waals surface area contributed by atoms with Crippen LogP contribution in [0.3, 0.4) is 0 Å². The van der Waals surface area contributed by atoms with Gasteiger partial charge in [-0.25, -0.2) is 4.98 Å². The minimum Gasteiger partial charge on any atom is -0.384 e. The first kappa shape index (κ1) is 23.8. The summed E-state index contributed by atoms with van der Waals surface area (Å²) in [6.07, 6.45) is 13.7. The minimum atomic E-state index is -0.0266. The number of nitrogen functional groups attached to an aromatic ring is 1. The molecule has 4 nitrogen and oxygen atoms in total. The van der Waals surface area contributed by atoms with Crippen LogP contribution in [0.5, 0.6) is 0 Å². The van der Waals surface area contributed by atoms with E-state index in [1.165, 1.54) is 64.2 Å². The van der Waals surface area contributed by atoms with Crippen molar-refractivity contribution in [3.8, 4) is 5.82 Å². The third-order valence-electron chi connectivity index (χ3n) is 5.18. The predicted molar refractivity (Wildman–Crippen MR) is 127 cm³/mol. The van der Waals surface area contributed by atoms with Gasteiger partial charge in [0.25, 0.3) is 0 Å². The fraction of sp³-hybridized carbons (Fsp3) is 0.667. The Morgan fingerprint density at radius 2 is 1.55 bits per heavy atom. The lowest BCUT2D eigenvalue weighted by Crippen LogP contribution is -2.13. The minimum absolute atomic E-state index is 0.0266. The lowest BCUT2D eigenvalue weighted by atomic mass is 9.92. The van der Waals surface area contributed by atoms with E-state index in [9.17, 15) is 0 Å². The molecule has 2 heterocycles. The molecule has 0 aliphatic heterocycles. The van der Waals surface area contributed by atoms with Gasteiger partial charge in [0, 0.05) is 11.5 Å². The van der Waals surface area contributed by atoms with Gasteiger partial charge in [0.2, 0.25) is 0 Å². The average Bonchev–Trinajstić information content (AvgIpc) is 3.08. The molecule has 0 fully saturated rings. The first-order valence-electron chi connectivity index (χ1n) is 11.4. The Labute approximate surface area is 182 Å². The van der Waals surface area contributed by atoms with Crippen LogP contribution in [0, 0.1) is 0 Å². The van der Waals surface area contributed by atoms with E-state index in [0.29, 0.717) is 5.82 Å². The second-order valence-corrected chi connectivity index (χ2v) is 10.1. The van der Waals surface area contributed by atoms with Crippen LogP contribution in [-0.2, 0) is 5.41 Å². The number of thioether (sulfide) groups is 1. The number of anilines is 1. The van der Waals surface area contributed by atoms with Crippen LogP contribution < -0.4 is 5.73 Å². The van der Waals surface area contributed by atoms with E-state index < -0.39 is 0 Å². The van der Waals surface area contributed by atoms with Crippen LogP contribution in [0.1, 0.15) is 97.6 Å². The lowest BCUT2D eigenvalue weighted by molar-refractivity contribution is 0.559. The van der Waals surface area contributed by atoms with Gasteiger partial charge in [-0.05, 0) is 24.3 Å². The standard InChI is InChI=1S/C24H40N4S/c1-5-6-7-8-9-10-11-12-13-14-18-29-23-17-15-16-22(26-23)28-21(25)19-20(27-28)24(2,3)4/h15-17,19H,5-14,18,25H2,1-4H3. The zero-order chi connectivity index (χ0) is 21.1. The molecule has 0 saturated carbocycles. The molecule has 0 saturated heterocycles. The molecule has 0 radical (unpaired) electrons. The molecule has 29 heavy (non-hydrogen) atoms. The number of hydrogen-bond acceptors (Lipinski definition) is 4. The highest BCUT2D eigenvalue weighted by atomic mass is 32.2. The summed E-state index contributed by atoms with van der Waals surface area (Å²) in [6.45, 7) is 8.71. The first-order valence-corrected chi connectivity index (χ1v) is 12.4. The molecule has 0 aliphatic rings. The van der Waals surface area contributed by atoms with E-state index >= 15 is 0 Å². The van der Waals surface area contributed by atoms with Gasteiger partial charge in [-0.15, -0.1) is 11.8 Å². The van der Waals surface area contributed by atoms with Crippen LogP contribution in [0.15, 0.2) is 29.3 Å². The molecule has 162 valence electrons. The molecule has 2 rings (SSSR count). The van der Waals surface area contributed by atoms with Gasteiger partial charge in [-0.2, -0.15) is 9.78 Å². The Bertz CT molecular complexity index is 718. The van der Waals surface area contributed by atoms with Crippen LogP contribution in [-0.4, -0.2) is 20.5 Å².